The van der Waals surface area contributed by atoms with E-state index in [2.05, 4.69) is 28.7 Å². The zero-order chi connectivity index (χ0) is 17.1. The molecule has 2 heterocycles. The summed E-state index contributed by atoms with van der Waals surface area (Å²) < 4.78 is 5.78. The number of ether oxygens (including phenoxy) is 1. The smallest absolute Gasteiger partial charge is 0.133 e. The summed E-state index contributed by atoms with van der Waals surface area (Å²) in [5.74, 6) is 1.68. The van der Waals surface area contributed by atoms with Crippen LogP contribution in [-0.4, -0.2) is 35.3 Å². The summed E-state index contributed by atoms with van der Waals surface area (Å²) in [6.07, 6.45) is 2.02. The first kappa shape index (κ1) is 17.8. The van der Waals surface area contributed by atoms with Crippen molar-refractivity contribution in [3.63, 3.8) is 0 Å². The SMILES string of the molecule is CC1CN(c2cc(SCc3ccc(Cl)cc3Cl)ncn2)CC(C)O1. The molecule has 0 radical (unpaired) electrons. The van der Waals surface area contributed by atoms with Gasteiger partial charge in [0.25, 0.3) is 0 Å². The van der Waals surface area contributed by atoms with Crippen molar-refractivity contribution in [3.05, 3.63) is 46.2 Å². The average molecular weight is 384 g/mol. The fraction of sp³-hybridized carbons (Fsp3) is 0.412. The van der Waals surface area contributed by atoms with E-state index in [4.69, 9.17) is 27.9 Å². The van der Waals surface area contributed by atoms with Crippen LogP contribution in [0.2, 0.25) is 10.0 Å². The Bertz CT molecular complexity index is 706. The second-order valence-corrected chi connectivity index (χ2v) is 7.74. The number of nitrogens with zero attached hydrogens (tertiary/aromatic N) is 3. The van der Waals surface area contributed by atoms with Gasteiger partial charge in [0.05, 0.1) is 12.2 Å². The summed E-state index contributed by atoms with van der Waals surface area (Å²) in [5.41, 5.74) is 1.04. The third kappa shape index (κ3) is 4.54. The Hall–Kier alpha value is -1.01. The topological polar surface area (TPSA) is 38.2 Å². The lowest BCUT2D eigenvalue weighted by molar-refractivity contribution is -0.00548. The third-order valence-corrected chi connectivity index (χ3v) is 5.32. The highest BCUT2D eigenvalue weighted by molar-refractivity contribution is 7.98. The van der Waals surface area contributed by atoms with Crippen LogP contribution in [0.4, 0.5) is 5.82 Å². The van der Waals surface area contributed by atoms with Crippen LogP contribution in [0.5, 0.6) is 0 Å². The predicted octanol–water partition coefficient (Wildman–Crippen LogP) is 4.69. The van der Waals surface area contributed by atoms with Gasteiger partial charge in [0.1, 0.15) is 17.2 Å². The fourth-order valence-corrected chi connectivity index (χ4v) is 4.16. The number of halogens is 2. The lowest BCUT2D eigenvalue weighted by Gasteiger charge is -2.36. The summed E-state index contributed by atoms with van der Waals surface area (Å²) in [6.45, 7) is 5.85. The van der Waals surface area contributed by atoms with Crippen LogP contribution in [0.3, 0.4) is 0 Å². The first-order chi connectivity index (χ1) is 11.5. The number of rotatable bonds is 4. The molecular formula is C17H19Cl2N3OS. The number of morpholine rings is 1. The molecule has 2 aromatic rings. The normalized spacial score (nSPS) is 21.1. The zero-order valence-corrected chi connectivity index (χ0v) is 15.9. The van der Waals surface area contributed by atoms with Crippen LogP contribution >= 0.6 is 35.0 Å². The van der Waals surface area contributed by atoms with E-state index in [1.807, 2.05) is 18.2 Å². The molecule has 7 heteroatoms. The molecule has 0 N–H and O–H groups in total. The molecule has 128 valence electrons. The number of aromatic nitrogens is 2. The van der Waals surface area contributed by atoms with Crippen molar-refractivity contribution in [3.8, 4) is 0 Å². The van der Waals surface area contributed by atoms with Gasteiger partial charge in [-0.3, -0.25) is 0 Å². The minimum absolute atomic E-state index is 0.202. The van der Waals surface area contributed by atoms with E-state index in [0.29, 0.717) is 10.0 Å². The molecule has 3 rings (SSSR count). The van der Waals surface area contributed by atoms with Crippen LogP contribution in [-0.2, 0) is 10.5 Å². The minimum Gasteiger partial charge on any atom is -0.372 e. The molecule has 0 bridgehead atoms. The summed E-state index contributed by atoms with van der Waals surface area (Å²) in [6, 6.07) is 7.59. The second kappa shape index (κ2) is 7.91. The molecule has 1 fully saturated rings. The molecule has 1 aliphatic rings. The Morgan fingerprint density at radius 3 is 2.62 bits per heavy atom. The minimum atomic E-state index is 0.202. The number of benzene rings is 1. The van der Waals surface area contributed by atoms with Crippen molar-refractivity contribution in [2.75, 3.05) is 18.0 Å². The van der Waals surface area contributed by atoms with Crippen molar-refractivity contribution in [1.82, 2.24) is 9.97 Å². The van der Waals surface area contributed by atoms with Gasteiger partial charge < -0.3 is 9.64 Å². The van der Waals surface area contributed by atoms with E-state index in [1.165, 1.54) is 0 Å². The van der Waals surface area contributed by atoms with Crippen LogP contribution in [0.25, 0.3) is 0 Å². The molecule has 24 heavy (non-hydrogen) atoms. The van der Waals surface area contributed by atoms with E-state index in [0.717, 1.165) is 35.2 Å². The number of hydrogen-bond acceptors (Lipinski definition) is 5. The molecular weight excluding hydrogens is 365 g/mol. The maximum Gasteiger partial charge on any atom is 0.133 e. The molecule has 1 saturated heterocycles. The Morgan fingerprint density at radius 1 is 1.17 bits per heavy atom. The Balaban J connectivity index is 1.69. The van der Waals surface area contributed by atoms with Crippen molar-refractivity contribution >= 4 is 40.8 Å². The average Bonchev–Trinajstić information content (AvgIpc) is 2.53. The lowest BCUT2D eigenvalue weighted by Crippen LogP contribution is -2.45. The number of hydrogen-bond donors (Lipinski definition) is 0. The molecule has 0 saturated carbocycles. The van der Waals surface area contributed by atoms with Crippen molar-refractivity contribution in [1.29, 1.82) is 0 Å². The Morgan fingerprint density at radius 2 is 1.92 bits per heavy atom. The third-order valence-electron chi connectivity index (χ3n) is 3.76. The Labute approximate surface area is 156 Å². The highest BCUT2D eigenvalue weighted by atomic mass is 35.5. The number of thioether (sulfide) groups is 1. The monoisotopic (exact) mass is 383 g/mol. The summed E-state index contributed by atoms with van der Waals surface area (Å²) in [4.78, 5) is 11.0. The van der Waals surface area contributed by atoms with E-state index >= 15 is 0 Å². The quantitative estimate of drug-likeness (QED) is 0.565. The molecule has 1 aromatic heterocycles. The maximum absolute atomic E-state index is 6.23. The van der Waals surface area contributed by atoms with E-state index < -0.39 is 0 Å². The molecule has 2 atom stereocenters. The van der Waals surface area contributed by atoms with Gasteiger partial charge in [-0.1, -0.05) is 29.3 Å². The first-order valence-corrected chi connectivity index (χ1v) is 9.54. The summed E-state index contributed by atoms with van der Waals surface area (Å²) in [7, 11) is 0. The van der Waals surface area contributed by atoms with Gasteiger partial charge in [0.15, 0.2) is 0 Å². The highest BCUT2D eigenvalue weighted by Crippen LogP contribution is 2.29. The Kier molecular flexibility index (Phi) is 5.87. The van der Waals surface area contributed by atoms with Crippen LogP contribution < -0.4 is 4.90 Å². The first-order valence-electron chi connectivity index (χ1n) is 7.80. The highest BCUT2D eigenvalue weighted by Gasteiger charge is 2.23. The lowest BCUT2D eigenvalue weighted by atomic mass is 10.2. The summed E-state index contributed by atoms with van der Waals surface area (Å²) >= 11 is 13.8. The van der Waals surface area contributed by atoms with Crippen LogP contribution in [0, 0.1) is 0 Å². The molecule has 4 nitrogen and oxygen atoms in total. The fourth-order valence-electron chi connectivity index (χ4n) is 2.74. The van der Waals surface area contributed by atoms with Crippen LogP contribution in [0.15, 0.2) is 35.6 Å². The van der Waals surface area contributed by atoms with Gasteiger partial charge in [-0.05, 0) is 31.5 Å². The molecule has 2 unspecified atom stereocenters. The van der Waals surface area contributed by atoms with Crippen molar-refractivity contribution in [2.24, 2.45) is 0 Å². The largest absolute Gasteiger partial charge is 0.372 e. The van der Waals surface area contributed by atoms with Crippen LogP contribution in [0.1, 0.15) is 19.4 Å². The molecule has 1 aliphatic heterocycles. The van der Waals surface area contributed by atoms with Gasteiger partial charge in [-0.25, -0.2) is 9.97 Å². The standard InChI is InChI=1S/C17H19Cl2N3OS/c1-11-7-22(8-12(2)23-11)16-6-17(21-10-20-16)24-9-13-3-4-14(18)5-15(13)19/h3-6,10-12H,7-9H2,1-2H3. The van der Waals surface area contributed by atoms with Gasteiger partial charge in [-0.2, -0.15) is 0 Å². The van der Waals surface area contributed by atoms with Crippen molar-refractivity contribution < 1.29 is 4.74 Å². The van der Waals surface area contributed by atoms with Gasteiger partial charge in [0.2, 0.25) is 0 Å². The number of anilines is 1. The van der Waals surface area contributed by atoms with Gasteiger partial charge in [-0.15, -0.1) is 11.8 Å². The zero-order valence-electron chi connectivity index (χ0n) is 13.6. The van der Waals surface area contributed by atoms with Crippen molar-refractivity contribution in [2.45, 2.75) is 36.8 Å². The molecule has 0 amide bonds. The summed E-state index contributed by atoms with van der Waals surface area (Å²) in [5, 5.41) is 2.26. The van der Waals surface area contributed by atoms with E-state index in [1.54, 1.807) is 24.2 Å². The maximum atomic E-state index is 6.23. The van der Waals surface area contributed by atoms with E-state index in [-0.39, 0.29) is 12.2 Å². The molecule has 0 spiro atoms. The second-order valence-electron chi connectivity index (χ2n) is 5.90. The predicted molar refractivity (Wildman–Crippen MR) is 100 cm³/mol. The van der Waals surface area contributed by atoms with Gasteiger partial charge in [0, 0.05) is 35.0 Å². The van der Waals surface area contributed by atoms with Gasteiger partial charge >= 0.3 is 0 Å². The molecule has 1 aromatic carbocycles. The molecule has 0 aliphatic carbocycles. The van der Waals surface area contributed by atoms with E-state index in [9.17, 15) is 0 Å².